The van der Waals surface area contributed by atoms with E-state index in [-0.39, 0.29) is 5.78 Å². The molecule has 0 saturated heterocycles. The van der Waals surface area contributed by atoms with Gasteiger partial charge in [0.1, 0.15) is 0 Å². The molecule has 3 rings (SSSR count). The number of carbonyl (C=O) groups is 1. The lowest BCUT2D eigenvalue weighted by Crippen LogP contribution is -2.35. The van der Waals surface area contributed by atoms with Gasteiger partial charge >= 0.3 is 0 Å². The van der Waals surface area contributed by atoms with Crippen LogP contribution in [0.5, 0.6) is 0 Å². The van der Waals surface area contributed by atoms with Gasteiger partial charge in [0.25, 0.3) is 0 Å². The highest BCUT2D eigenvalue weighted by Crippen LogP contribution is 2.40. The predicted molar refractivity (Wildman–Crippen MR) is 101 cm³/mol. The van der Waals surface area contributed by atoms with Gasteiger partial charge in [-0.05, 0) is 64.2 Å². The SMILES string of the molecule is C[C@@]1(C/C=C/c2ccc(Cl)cc2)C(=O)C(Br)=Cc2ccccc21. The first-order chi connectivity index (χ1) is 11.0. The minimum Gasteiger partial charge on any atom is -0.293 e. The molecule has 1 nitrogen and oxygen atoms in total. The first-order valence-corrected chi connectivity index (χ1v) is 8.61. The van der Waals surface area contributed by atoms with Gasteiger partial charge in [-0.15, -0.1) is 0 Å². The molecule has 1 atom stereocenters. The number of Topliss-reactive ketones (excluding diaryl/α,β-unsaturated/α-hetero) is 1. The number of fused-ring (bicyclic) bond motifs is 1. The van der Waals surface area contributed by atoms with E-state index < -0.39 is 5.41 Å². The minimum atomic E-state index is -0.549. The molecule has 0 aliphatic heterocycles. The summed E-state index contributed by atoms with van der Waals surface area (Å²) in [7, 11) is 0. The highest BCUT2D eigenvalue weighted by Gasteiger charge is 2.39. The van der Waals surface area contributed by atoms with Crippen LogP contribution in [0.15, 0.2) is 59.1 Å². The third-order valence-corrected chi connectivity index (χ3v) is 5.10. The van der Waals surface area contributed by atoms with Crippen LogP contribution in [0.25, 0.3) is 12.2 Å². The van der Waals surface area contributed by atoms with Crippen LogP contribution in [0.1, 0.15) is 30.0 Å². The molecule has 0 radical (unpaired) electrons. The molecule has 0 spiro atoms. The molecule has 116 valence electrons. The molecule has 0 N–H and O–H groups in total. The van der Waals surface area contributed by atoms with Gasteiger partial charge in [-0.25, -0.2) is 0 Å². The number of hydrogen-bond acceptors (Lipinski definition) is 1. The Kier molecular flexibility index (Phi) is 4.56. The fourth-order valence-corrected chi connectivity index (χ4v) is 3.73. The third-order valence-electron chi connectivity index (χ3n) is 4.26. The van der Waals surface area contributed by atoms with Gasteiger partial charge in [0, 0.05) is 5.02 Å². The maximum absolute atomic E-state index is 12.7. The Hall–Kier alpha value is -1.64. The Labute approximate surface area is 149 Å². The van der Waals surface area contributed by atoms with Crippen LogP contribution < -0.4 is 0 Å². The Balaban J connectivity index is 1.90. The Bertz CT molecular complexity index is 805. The second-order valence-corrected chi connectivity index (χ2v) is 7.19. The molecule has 0 heterocycles. The first-order valence-electron chi connectivity index (χ1n) is 7.44. The standard InChI is InChI=1S/C20H16BrClO/c1-20(12-4-5-14-8-10-16(22)11-9-14)17-7-3-2-6-15(17)13-18(21)19(20)23/h2-11,13H,12H2,1H3/b5-4+/t20-/m0/s1. The molecule has 0 saturated carbocycles. The molecular weight excluding hydrogens is 372 g/mol. The maximum atomic E-state index is 12.7. The van der Waals surface area contributed by atoms with E-state index in [4.69, 9.17) is 11.6 Å². The fourth-order valence-electron chi connectivity index (χ4n) is 2.92. The van der Waals surface area contributed by atoms with Crippen molar-refractivity contribution in [3.8, 4) is 0 Å². The molecule has 0 fully saturated rings. The number of rotatable bonds is 3. The van der Waals surface area contributed by atoms with Crippen LogP contribution in [-0.2, 0) is 10.2 Å². The fraction of sp³-hybridized carbons (Fsp3) is 0.150. The number of hydrogen-bond donors (Lipinski definition) is 0. The van der Waals surface area contributed by atoms with Crippen LogP contribution in [0.4, 0.5) is 0 Å². The lowest BCUT2D eigenvalue weighted by atomic mass is 9.71. The van der Waals surface area contributed by atoms with Gasteiger partial charge in [0.15, 0.2) is 5.78 Å². The molecule has 23 heavy (non-hydrogen) atoms. The van der Waals surface area contributed by atoms with Gasteiger partial charge in [-0.2, -0.15) is 0 Å². The maximum Gasteiger partial charge on any atom is 0.180 e. The van der Waals surface area contributed by atoms with Crippen molar-refractivity contribution < 1.29 is 4.79 Å². The normalized spacial score (nSPS) is 20.5. The summed E-state index contributed by atoms with van der Waals surface area (Å²) >= 11 is 9.32. The first kappa shape index (κ1) is 16.2. The smallest absolute Gasteiger partial charge is 0.180 e. The number of allylic oxidation sites excluding steroid dienone is 2. The lowest BCUT2D eigenvalue weighted by Gasteiger charge is -2.32. The van der Waals surface area contributed by atoms with Crippen LogP contribution >= 0.6 is 27.5 Å². The molecule has 0 unspecified atom stereocenters. The van der Waals surface area contributed by atoms with Crippen molar-refractivity contribution >= 4 is 45.5 Å². The van der Waals surface area contributed by atoms with Gasteiger partial charge < -0.3 is 0 Å². The molecule has 2 aromatic carbocycles. The van der Waals surface area contributed by atoms with E-state index in [0.717, 1.165) is 21.7 Å². The van der Waals surface area contributed by atoms with Crippen LogP contribution in [0.3, 0.4) is 0 Å². The van der Waals surface area contributed by atoms with E-state index in [9.17, 15) is 4.79 Å². The highest BCUT2D eigenvalue weighted by atomic mass is 79.9. The summed E-state index contributed by atoms with van der Waals surface area (Å²) in [5.74, 6) is 0.122. The van der Waals surface area contributed by atoms with E-state index in [1.54, 1.807) is 0 Å². The van der Waals surface area contributed by atoms with E-state index in [1.807, 2.05) is 67.6 Å². The minimum absolute atomic E-state index is 0.122. The van der Waals surface area contributed by atoms with Crippen molar-refractivity contribution in [2.24, 2.45) is 0 Å². The summed E-state index contributed by atoms with van der Waals surface area (Å²) in [4.78, 5) is 12.7. The largest absolute Gasteiger partial charge is 0.293 e. The molecule has 3 heteroatoms. The van der Waals surface area contributed by atoms with E-state index in [2.05, 4.69) is 22.0 Å². The quantitative estimate of drug-likeness (QED) is 0.629. The van der Waals surface area contributed by atoms with Crippen molar-refractivity contribution in [3.63, 3.8) is 0 Å². The van der Waals surface area contributed by atoms with E-state index in [0.29, 0.717) is 10.9 Å². The zero-order chi connectivity index (χ0) is 16.4. The molecule has 2 aromatic rings. The number of ketones is 1. The topological polar surface area (TPSA) is 17.1 Å². The monoisotopic (exact) mass is 386 g/mol. The molecule has 0 aromatic heterocycles. The second-order valence-electron chi connectivity index (χ2n) is 5.90. The van der Waals surface area contributed by atoms with Gasteiger partial charge in [0.2, 0.25) is 0 Å². The summed E-state index contributed by atoms with van der Waals surface area (Å²) in [6.45, 7) is 2.01. The summed E-state index contributed by atoms with van der Waals surface area (Å²) in [6.07, 6.45) is 6.64. The Morgan fingerprint density at radius 2 is 1.83 bits per heavy atom. The average Bonchev–Trinajstić information content (AvgIpc) is 2.55. The lowest BCUT2D eigenvalue weighted by molar-refractivity contribution is -0.119. The average molecular weight is 388 g/mol. The molecular formula is C20H16BrClO. The van der Waals surface area contributed by atoms with Crippen molar-refractivity contribution in [1.29, 1.82) is 0 Å². The van der Waals surface area contributed by atoms with Crippen LogP contribution in [-0.4, -0.2) is 5.78 Å². The highest BCUT2D eigenvalue weighted by molar-refractivity contribution is 9.12. The molecule has 1 aliphatic carbocycles. The molecule has 0 amide bonds. The zero-order valence-electron chi connectivity index (χ0n) is 12.7. The summed E-state index contributed by atoms with van der Waals surface area (Å²) < 4.78 is 0.638. The Morgan fingerprint density at radius 1 is 1.13 bits per heavy atom. The number of halogens is 2. The summed E-state index contributed by atoms with van der Waals surface area (Å²) in [6, 6.07) is 15.7. The molecule has 0 bridgehead atoms. The summed E-state index contributed by atoms with van der Waals surface area (Å²) in [5, 5.41) is 0.722. The van der Waals surface area contributed by atoms with Crippen LogP contribution in [0.2, 0.25) is 5.02 Å². The zero-order valence-corrected chi connectivity index (χ0v) is 15.1. The van der Waals surface area contributed by atoms with Crippen molar-refractivity contribution in [2.45, 2.75) is 18.8 Å². The third kappa shape index (κ3) is 3.19. The Morgan fingerprint density at radius 3 is 2.57 bits per heavy atom. The summed E-state index contributed by atoms with van der Waals surface area (Å²) in [5.41, 5.74) is 2.70. The van der Waals surface area contributed by atoms with Crippen LogP contribution in [0, 0.1) is 0 Å². The van der Waals surface area contributed by atoms with E-state index in [1.165, 1.54) is 0 Å². The predicted octanol–water partition coefficient (Wildman–Crippen LogP) is 6.02. The van der Waals surface area contributed by atoms with Gasteiger partial charge in [-0.3, -0.25) is 4.79 Å². The van der Waals surface area contributed by atoms with Gasteiger partial charge in [-0.1, -0.05) is 60.2 Å². The van der Waals surface area contributed by atoms with Crippen molar-refractivity contribution in [3.05, 3.63) is 80.8 Å². The second kappa shape index (κ2) is 6.46. The van der Waals surface area contributed by atoms with E-state index >= 15 is 0 Å². The molecule has 1 aliphatic rings. The number of benzene rings is 2. The van der Waals surface area contributed by atoms with Crippen molar-refractivity contribution in [2.75, 3.05) is 0 Å². The van der Waals surface area contributed by atoms with Crippen molar-refractivity contribution in [1.82, 2.24) is 0 Å². The van der Waals surface area contributed by atoms with Gasteiger partial charge in [0.05, 0.1) is 9.90 Å². The number of carbonyl (C=O) groups excluding carboxylic acids is 1.